The molecule has 5 heteroatoms. The third-order valence-corrected chi connectivity index (χ3v) is 4.35. The van der Waals surface area contributed by atoms with Crippen LogP contribution in [0.3, 0.4) is 0 Å². The zero-order chi connectivity index (χ0) is 16.7. The van der Waals surface area contributed by atoms with Crippen molar-refractivity contribution in [1.29, 1.82) is 0 Å². The third kappa shape index (κ3) is 5.69. The molecule has 0 saturated heterocycles. The molecule has 3 nitrogen and oxygen atoms in total. The molecule has 2 aromatic rings. The molecule has 0 radical (unpaired) electrons. The van der Waals surface area contributed by atoms with Crippen LogP contribution in [0.25, 0.3) is 0 Å². The molecular formula is C19H23ClINO2. The number of halogens is 2. The standard InChI is InChI=1S/C19H22INO2.ClH/c1-4-10-23-19-17(20)11-15(12-18(19)22-3)13-21-14(2)16-8-6-5-7-9-16;/h4-9,11-12,14,21H,1,10,13H2,2-3H3;1H. The van der Waals surface area contributed by atoms with Crippen LogP contribution in [0.4, 0.5) is 0 Å². The van der Waals surface area contributed by atoms with Gasteiger partial charge in [0.2, 0.25) is 0 Å². The first-order valence-electron chi connectivity index (χ1n) is 7.54. The van der Waals surface area contributed by atoms with E-state index in [0.29, 0.717) is 6.61 Å². The van der Waals surface area contributed by atoms with Gasteiger partial charge in [0.1, 0.15) is 6.61 Å². The van der Waals surface area contributed by atoms with Crippen LogP contribution in [-0.2, 0) is 6.54 Å². The van der Waals surface area contributed by atoms with Crippen molar-refractivity contribution in [2.75, 3.05) is 13.7 Å². The van der Waals surface area contributed by atoms with Crippen LogP contribution in [0.15, 0.2) is 55.1 Å². The number of rotatable bonds is 8. The predicted octanol–water partition coefficient (Wildman–Crippen LogP) is 5.14. The molecule has 1 atom stereocenters. The quantitative estimate of drug-likeness (QED) is 0.438. The van der Waals surface area contributed by atoms with Gasteiger partial charge >= 0.3 is 0 Å². The number of ether oxygens (including phenoxy) is 2. The Morgan fingerprint density at radius 3 is 2.58 bits per heavy atom. The Balaban J connectivity index is 0.00000288. The molecule has 0 spiro atoms. The van der Waals surface area contributed by atoms with Gasteiger partial charge in [-0.25, -0.2) is 0 Å². The number of methoxy groups -OCH3 is 1. The number of hydrogen-bond acceptors (Lipinski definition) is 3. The summed E-state index contributed by atoms with van der Waals surface area (Å²) >= 11 is 2.28. The highest BCUT2D eigenvalue weighted by atomic mass is 127. The Kier molecular flexibility index (Phi) is 9.18. The van der Waals surface area contributed by atoms with E-state index in [-0.39, 0.29) is 18.4 Å². The number of hydrogen-bond donors (Lipinski definition) is 1. The van der Waals surface area contributed by atoms with Crippen molar-refractivity contribution >= 4 is 35.0 Å². The van der Waals surface area contributed by atoms with E-state index in [0.717, 1.165) is 21.6 Å². The van der Waals surface area contributed by atoms with Crippen LogP contribution in [0.1, 0.15) is 24.1 Å². The first-order valence-corrected chi connectivity index (χ1v) is 8.62. The van der Waals surface area contributed by atoms with Gasteiger partial charge < -0.3 is 14.8 Å². The first kappa shape index (κ1) is 20.8. The average molecular weight is 460 g/mol. The zero-order valence-electron chi connectivity index (χ0n) is 13.9. The third-order valence-electron chi connectivity index (χ3n) is 3.55. The molecule has 1 N–H and O–H groups in total. The number of benzene rings is 2. The fourth-order valence-corrected chi connectivity index (χ4v) is 3.11. The maximum atomic E-state index is 5.69. The summed E-state index contributed by atoms with van der Waals surface area (Å²) in [6.07, 6.45) is 1.73. The lowest BCUT2D eigenvalue weighted by Gasteiger charge is -2.17. The minimum absolute atomic E-state index is 0. The molecule has 0 heterocycles. The molecule has 0 aliphatic rings. The van der Waals surface area contributed by atoms with Gasteiger partial charge in [0.15, 0.2) is 11.5 Å². The summed E-state index contributed by atoms with van der Waals surface area (Å²) in [6.45, 7) is 7.08. The summed E-state index contributed by atoms with van der Waals surface area (Å²) in [5.74, 6) is 1.52. The van der Waals surface area contributed by atoms with Gasteiger partial charge in [-0.2, -0.15) is 0 Å². The largest absolute Gasteiger partial charge is 0.493 e. The normalized spacial score (nSPS) is 11.3. The van der Waals surface area contributed by atoms with E-state index in [2.05, 4.69) is 71.7 Å². The van der Waals surface area contributed by atoms with Crippen molar-refractivity contribution < 1.29 is 9.47 Å². The lowest BCUT2D eigenvalue weighted by molar-refractivity contribution is 0.324. The monoisotopic (exact) mass is 459 g/mol. The lowest BCUT2D eigenvalue weighted by atomic mass is 10.1. The van der Waals surface area contributed by atoms with Gasteiger partial charge in [-0.3, -0.25) is 0 Å². The molecule has 0 aromatic heterocycles. The Morgan fingerprint density at radius 1 is 1.25 bits per heavy atom. The van der Waals surface area contributed by atoms with Crippen molar-refractivity contribution in [3.05, 3.63) is 69.8 Å². The highest BCUT2D eigenvalue weighted by Gasteiger charge is 2.12. The first-order chi connectivity index (χ1) is 11.2. The summed E-state index contributed by atoms with van der Waals surface area (Å²) in [5, 5.41) is 3.54. The van der Waals surface area contributed by atoms with Crippen molar-refractivity contribution in [2.24, 2.45) is 0 Å². The van der Waals surface area contributed by atoms with E-state index in [9.17, 15) is 0 Å². The van der Waals surface area contributed by atoms with Crippen LogP contribution >= 0.6 is 35.0 Å². The fraction of sp³-hybridized carbons (Fsp3) is 0.263. The second kappa shape index (κ2) is 10.6. The van der Waals surface area contributed by atoms with Crippen molar-refractivity contribution in [1.82, 2.24) is 5.32 Å². The molecular weight excluding hydrogens is 437 g/mol. The van der Waals surface area contributed by atoms with Gasteiger partial charge in [-0.15, -0.1) is 12.4 Å². The van der Waals surface area contributed by atoms with E-state index in [1.807, 2.05) is 12.1 Å². The van der Waals surface area contributed by atoms with Crippen LogP contribution < -0.4 is 14.8 Å². The lowest BCUT2D eigenvalue weighted by Crippen LogP contribution is -2.18. The molecule has 0 aliphatic heterocycles. The minimum Gasteiger partial charge on any atom is -0.493 e. The molecule has 0 amide bonds. The smallest absolute Gasteiger partial charge is 0.174 e. The molecule has 0 aliphatic carbocycles. The van der Waals surface area contributed by atoms with Crippen LogP contribution in [0.2, 0.25) is 0 Å². The second-order valence-corrected chi connectivity index (χ2v) is 6.38. The summed E-state index contributed by atoms with van der Waals surface area (Å²) in [4.78, 5) is 0. The van der Waals surface area contributed by atoms with E-state index < -0.39 is 0 Å². The van der Waals surface area contributed by atoms with Crippen molar-refractivity contribution in [3.8, 4) is 11.5 Å². The van der Waals surface area contributed by atoms with Gasteiger partial charge in [0, 0.05) is 12.6 Å². The van der Waals surface area contributed by atoms with Gasteiger partial charge in [-0.05, 0) is 52.8 Å². The molecule has 0 saturated carbocycles. The summed E-state index contributed by atoms with van der Waals surface area (Å²) in [6, 6.07) is 14.8. The average Bonchev–Trinajstić information content (AvgIpc) is 2.59. The maximum Gasteiger partial charge on any atom is 0.174 e. The Hall–Kier alpha value is -1.24. The maximum absolute atomic E-state index is 5.69. The Bertz CT molecular complexity index is 649. The fourth-order valence-electron chi connectivity index (χ4n) is 2.29. The van der Waals surface area contributed by atoms with Crippen molar-refractivity contribution in [2.45, 2.75) is 19.5 Å². The van der Waals surface area contributed by atoms with Crippen LogP contribution in [-0.4, -0.2) is 13.7 Å². The summed E-state index contributed by atoms with van der Waals surface area (Å²) < 4.78 is 12.2. The minimum atomic E-state index is 0. The summed E-state index contributed by atoms with van der Waals surface area (Å²) in [5.41, 5.74) is 2.44. The topological polar surface area (TPSA) is 30.5 Å². The van der Waals surface area contributed by atoms with Crippen LogP contribution in [0.5, 0.6) is 11.5 Å². The SMILES string of the molecule is C=CCOc1c(I)cc(CNC(C)c2ccccc2)cc1OC.Cl. The highest BCUT2D eigenvalue weighted by molar-refractivity contribution is 14.1. The van der Waals surface area contributed by atoms with E-state index >= 15 is 0 Å². The molecule has 24 heavy (non-hydrogen) atoms. The number of nitrogens with one attached hydrogen (secondary N) is 1. The van der Waals surface area contributed by atoms with Gasteiger partial charge in [0.05, 0.1) is 10.7 Å². The summed E-state index contributed by atoms with van der Waals surface area (Å²) in [7, 11) is 1.66. The predicted molar refractivity (Wildman–Crippen MR) is 110 cm³/mol. The van der Waals surface area contributed by atoms with Crippen LogP contribution in [0, 0.1) is 3.57 Å². The molecule has 2 aromatic carbocycles. The van der Waals surface area contributed by atoms with E-state index in [1.54, 1.807) is 13.2 Å². The molecule has 0 fully saturated rings. The van der Waals surface area contributed by atoms with Crippen molar-refractivity contribution in [3.63, 3.8) is 0 Å². The molecule has 2 rings (SSSR count). The van der Waals surface area contributed by atoms with Gasteiger partial charge in [0.25, 0.3) is 0 Å². The highest BCUT2D eigenvalue weighted by Crippen LogP contribution is 2.34. The van der Waals surface area contributed by atoms with E-state index in [4.69, 9.17) is 9.47 Å². The second-order valence-electron chi connectivity index (χ2n) is 5.22. The Morgan fingerprint density at radius 2 is 1.96 bits per heavy atom. The Labute approximate surface area is 164 Å². The molecule has 1 unspecified atom stereocenters. The molecule has 0 bridgehead atoms. The zero-order valence-corrected chi connectivity index (χ0v) is 16.9. The van der Waals surface area contributed by atoms with Gasteiger partial charge in [-0.1, -0.05) is 43.0 Å². The molecule has 130 valence electrons. The van der Waals surface area contributed by atoms with E-state index in [1.165, 1.54) is 11.1 Å².